The standard InChI is InChI=1S/C23H23F2N3O5S2/c1-14-9-18(35(31,32)17-4-2-3-16(24)11-17)12-21(29)28(14)19(10-15-5-7-33-8-6-15)22(30)27-23-26-13-20(25)34-23/h2-4,9,11-13,15,19H,5-8,10H2,1H3,(H,26,27,30). The molecule has 3 aromatic rings. The Morgan fingerprint density at radius 1 is 1.23 bits per heavy atom. The number of carbonyl (C=O) groups is 1. The van der Waals surface area contributed by atoms with Gasteiger partial charge >= 0.3 is 0 Å². The van der Waals surface area contributed by atoms with Gasteiger partial charge in [-0.25, -0.2) is 17.8 Å². The molecule has 4 rings (SSSR count). The van der Waals surface area contributed by atoms with Crippen LogP contribution in [0.25, 0.3) is 0 Å². The Labute approximate surface area is 204 Å². The Hall–Kier alpha value is -2.96. The lowest BCUT2D eigenvalue weighted by Crippen LogP contribution is -2.36. The van der Waals surface area contributed by atoms with Crippen molar-refractivity contribution in [3.05, 3.63) is 69.6 Å². The zero-order valence-electron chi connectivity index (χ0n) is 18.7. The number of thiazole rings is 1. The molecule has 1 aliphatic heterocycles. The zero-order valence-corrected chi connectivity index (χ0v) is 20.4. The molecule has 1 N–H and O–H groups in total. The number of sulfone groups is 1. The molecule has 35 heavy (non-hydrogen) atoms. The van der Waals surface area contributed by atoms with E-state index in [9.17, 15) is 26.8 Å². The molecule has 0 radical (unpaired) electrons. The summed E-state index contributed by atoms with van der Waals surface area (Å²) in [5, 5.41) is 2.05. The van der Waals surface area contributed by atoms with Gasteiger partial charge in [0.15, 0.2) is 10.3 Å². The maximum atomic E-state index is 13.6. The van der Waals surface area contributed by atoms with Gasteiger partial charge in [-0.1, -0.05) is 17.4 Å². The largest absolute Gasteiger partial charge is 0.381 e. The molecular weight excluding hydrogens is 500 g/mol. The molecular formula is C23H23F2N3O5S2. The summed E-state index contributed by atoms with van der Waals surface area (Å²) >= 11 is 0.661. The molecule has 1 atom stereocenters. The third-order valence-corrected chi connectivity index (χ3v) is 8.30. The Morgan fingerprint density at radius 2 is 1.97 bits per heavy atom. The van der Waals surface area contributed by atoms with E-state index in [4.69, 9.17) is 4.74 Å². The summed E-state index contributed by atoms with van der Waals surface area (Å²) in [6.45, 7) is 2.60. The van der Waals surface area contributed by atoms with Crippen LogP contribution < -0.4 is 10.9 Å². The average molecular weight is 524 g/mol. The van der Waals surface area contributed by atoms with Crippen LogP contribution in [0, 0.1) is 23.8 Å². The maximum Gasteiger partial charge on any atom is 0.252 e. The van der Waals surface area contributed by atoms with E-state index >= 15 is 0 Å². The van der Waals surface area contributed by atoms with Crippen molar-refractivity contribution in [3.63, 3.8) is 0 Å². The molecule has 0 spiro atoms. The molecule has 1 aromatic carbocycles. The number of amides is 1. The van der Waals surface area contributed by atoms with Crippen LogP contribution in [0.2, 0.25) is 0 Å². The Balaban J connectivity index is 1.72. The number of hydrogen-bond acceptors (Lipinski definition) is 7. The summed E-state index contributed by atoms with van der Waals surface area (Å²) < 4.78 is 59.7. The van der Waals surface area contributed by atoms with E-state index in [1.54, 1.807) is 0 Å². The molecule has 0 aliphatic carbocycles. The number of carbonyl (C=O) groups excluding carboxylic acids is 1. The van der Waals surface area contributed by atoms with Gasteiger partial charge in [0.2, 0.25) is 15.7 Å². The highest BCUT2D eigenvalue weighted by Gasteiger charge is 2.30. The lowest BCUT2D eigenvalue weighted by atomic mass is 9.91. The number of nitrogens with one attached hydrogen (secondary N) is 1. The molecule has 186 valence electrons. The second kappa shape index (κ2) is 10.3. The SMILES string of the molecule is Cc1cc(S(=O)(=O)c2cccc(F)c2)cc(=O)n1C(CC1CCOCC1)C(=O)Nc1ncc(F)s1. The van der Waals surface area contributed by atoms with Gasteiger partial charge in [-0.3, -0.25) is 9.59 Å². The van der Waals surface area contributed by atoms with Crippen LogP contribution in [0.15, 0.2) is 57.2 Å². The zero-order chi connectivity index (χ0) is 25.2. The monoisotopic (exact) mass is 523 g/mol. The number of ether oxygens (including phenoxy) is 1. The summed E-state index contributed by atoms with van der Waals surface area (Å²) in [6, 6.07) is 5.75. The quantitative estimate of drug-likeness (QED) is 0.506. The first kappa shape index (κ1) is 25.1. The first-order chi connectivity index (χ1) is 16.6. The predicted molar refractivity (Wildman–Crippen MR) is 125 cm³/mol. The van der Waals surface area contributed by atoms with Gasteiger partial charge in [0.05, 0.1) is 16.0 Å². The number of benzene rings is 1. The summed E-state index contributed by atoms with van der Waals surface area (Å²) in [6.07, 6.45) is 2.70. The van der Waals surface area contributed by atoms with E-state index in [0.717, 1.165) is 24.4 Å². The number of anilines is 1. The number of nitrogens with zero attached hydrogens (tertiary/aromatic N) is 2. The van der Waals surface area contributed by atoms with Crippen LogP contribution in [-0.4, -0.2) is 37.1 Å². The Morgan fingerprint density at radius 3 is 2.60 bits per heavy atom. The van der Waals surface area contributed by atoms with Gasteiger partial charge in [0, 0.05) is 25.0 Å². The molecule has 1 unspecified atom stereocenters. The number of hydrogen-bond donors (Lipinski definition) is 1. The van der Waals surface area contributed by atoms with Crippen molar-refractivity contribution in [2.24, 2.45) is 5.92 Å². The first-order valence-electron chi connectivity index (χ1n) is 10.9. The van der Waals surface area contributed by atoms with Crippen molar-refractivity contribution in [1.82, 2.24) is 9.55 Å². The molecule has 0 bridgehead atoms. The van der Waals surface area contributed by atoms with Crippen LogP contribution in [0.5, 0.6) is 0 Å². The second-order valence-corrected chi connectivity index (χ2v) is 11.2. The minimum atomic E-state index is -4.16. The van der Waals surface area contributed by atoms with E-state index < -0.39 is 38.3 Å². The highest BCUT2D eigenvalue weighted by atomic mass is 32.2. The molecule has 0 saturated carbocycles. The normalized spacial score (nSPS) is 15.6. The van der Waals surface area contributed by atoms with E-state index in [1.807, 2.05) is 0 Å². The number of halogens is 2. The summed E-state index contributed by atoms with van der Waals surface area (Å²) in [7, 11) is -4.16. The number of aromatic nitrogens is 2. The smallest absolute Gasteiger partial charge is 0.252 e. The van der Waals surface area contributed by atoms with Crippen LogP contribution in [0.3, 0.4) is 0 Å². The van der Waals surface area contributed by atoms with Gasteiger partial charge < -0.3 is 14.6 Å². The fourth-order valence-electron chi connectivity index (χ4n) is 4.14. The van der Waals surface area contributed by atoms with Crippen molar-refractivity contribution < 1.29 is 26.7 Å². The highest BCUT2D eigenvalue weighted by molar-refractivity contribution is 7.91. The van der Waals surface area contributed by atoms with Gasteiger partial charge in [-0.05, 0) is 56.4 Å². The predicted octanol–water partition coefficient (Wildman–Crippen LogP) is 3.72. The topological polar surface area (TPSA) is 107 Å². The molecule has 1 aliphatic rings. The van der Waals surface area contributed by atoms with Gasteiger partial charge in [-0.2, -0.15) is 4.39 Å². The molecule has 2 aromatic heterocycles. The molecule has 3 heterocycles. The summed E-state index contributed by atoms with van der Waals surface area (Å²) in [4.78, 5) is 29.6. The van der Waals surface area contributed by atoms with Gasteiger partial charge in [0.1, 0.15) is 11.9 Å². The van der Waals surface area contributed by atoms with Gasteiger partial charge in [-0.15, -0.1) is 0 Å². The van der Waals surface area contributed by atoms with Crippen molar-refractivity contribution in [2.75, 3.05) is 18.5 Å². The molecule has 12 heteroatoms. The van der Waals surface area contributed by atoms with Crippen molar-refractivity contribution in [1.29, 1.82) is 0 Å². The van der Waals surface area contributed by atoms with Crippen LogP contribution >= 0.6 is 11.3 Å². The molecule has 1 amide bonds. The van der Waals surface area contributed by atoms with E-state index in [2.05, 4.69) is 10.3 Å². The minimum absolute atomic E-state index is 0.0560. The van der Waals surface area contributed by atoms with Crippen LogP contribution in [0.4, 0.5) is 13.9 Å². The Kier molecular flexibility index (Phi) is 7.43. The van der Waals surface area contributed by atoms with Gasteiger partial charge in [0.25, 0.3) is 5.56 Å². The van der Waals surface area contributed by atoms with E-state index in [0.29, 0.717) is 43.8 Å². The van der Waals surface area contributed by atoms with Crippen molar-refractivity contribution >= 4 is 32.2 Å². The maximum absolute atomic E-state index is 13.6. The summed E-state index contributed by atoms with van der Waals surface area (Å²) in [5.41, 5.74) is -0.456. The lowest BCUT2D eigenvalue weighted by Gasteiger charge is -2.28. The fourth-order valence-corrected chi connectivity index (χ4v) is 6.06. The average Bonchev–Trinajstić information content (AvgIpc) is 3.22. The van der Waals surface area contributed by atoms with E-state index in [-0.39, 0.29) is 26.5 Å². The van der Waals surface area contributed by atoms with Crippen molar-refractivity contribution in [2.45, 2.75) is 42.0 Å². The third-order valence-electron chi connectivity index (χ3n) is 5.87. The highest BCUT2D eigenvalue weighted by Crippen LogP contribution is 2.29. The molecule has 1 saturated heterocycles. The number of pyridine rings is 1. The summed E-state index contributed by atoms with van der Waals surface area (Å²) in [5.74, 6) is -1.19. The fraction of sp³-hybridized carbons (Fsp3) is 0.348. The number of rotatable bonds is 7. The molecule has 8 nitrogen and oxygen atoms in total. The second-order valence-electron chi connectivity index (χ2n) is 8.27. The molecule has 1 fully saturated rings. The third kappa shape index (κ3) is 5.65. The minimum Gasteiger partial charge on any atom is -0.381 e. The number of aryl methyl sites for hydroxylation is 1. The lowest BCUT2D eigenvalue weighted by molar-refractivity contribution is -0.120. The Bertz CT molecular complexity index is 1400. The van der Waals surface area contributed by atoms with E-state index in [1.165, 1.54) is 29.7 Å². The van der Waals surface area contributed by atoms with Crippen molar-refractivity contribution in [3.8, 4) is 0 Å². The van der Waals surface area contributed by atoms with Crippen LogP contribution in [-0.2, 0) is 19.4 Å². The van der Waals surface area contributed by atoms with Crippen LogP contribution in [0.1, 0.15) is 31.0 Å². The first-order valence-corrected chi connectivity index (χ1v) is 13.2.